The monoisotopic (exact) mass is 389 g/mol. The highest BCUT2D eigenvalue weighted by atomic mass is 79.9. The van der Waals surface area contributed by atoms with E-state index in [4.69, 9.17) is 0 Å². The third kappa shape index (κ3) is 4.14. The average molecular weight is 391 g/mol. The first-order valence-electron chi connectivity index (χ1n) is 5.47. The van der Waals surface area contributed by atoms with Gasteiger partial charge in [0.1, 0.15) is 5.82 Å². The average Bonchev–Trinajstić information content (AvgIpc) is 2.76. The number of benzene rings is 1. The fraction of sp³-hybridized carbons (Fsp3) is 0.167. The summed E-state index contributed by atoms with van der Waals surface area (Å²) in [6.07, 6.45) is 3.64. The molecule has 7 heteroatoms. The van der Waals surface area contributed by atoms with E-state index < -0.39 is 5.82 Å². The summed E-state index contributed by atoms with van der Waals surface area (Å²) in [5, 5.41) is 6.56. The van der Waals surface area contributed by atoms with Gasteiger partial charge in [-0.3, -0.25) is 9.48 Å². The number of anilines is 1. The van der Waals surface area contributed by atoms with Crippen LogP contribution in [0.25, 0.3) is 0 Å². The number of nitrogens with one attached hydrogen (secondary N) is 1. The van der Waals surface area contributed by atoms with Gasteiger partial charge in [-0.1, -0.05) is 15.9 Å². The van der Waals surface area contributed by atoms with Crippen LogP contribution >= 0.6 is 31.9 Å². The van der Waals surface area contributed by atoms with Crippen molar-refractivity contribution in [1.29, 1.82) is 0 Å². The molecule has 0 aliphatic rings. The first kappa shape index (κ1) is 14.2. The van der Waals surface area contributed by atoms with E-state index in [0.717, 1.165) is 4.47 Å². The van der Waals surface area contributed by atoms with Crippen LogP contribution in [-0.4, -0.2) is 15.7 Å². The van der Waals surface area contributed by atoms with E-state index in [1.165, 1.54) is 12.1 Å². The Labute approximate surface area is 126 Å². The summed E-state index contributed by atoms with van der Waals surface area (Å²) in [6.45, 7) is 0.440. The van der Waals surface area contributed by atoms with Crippen molar-refractivity contribution in [1.82, 2.24) is 9.78 Å². The second-order valence-corrected chi connectivity index (χ2v) is 5.68. The van der Waals surface area contributed by atoms with E-state index >= 15 is 0 Å². The van der Waals surface area contributed by atoms with Crippen LogP contribution in [-0.2, 0) is 11.3 Å². The Balaban J connectivity index is 1.90. The first-order valence-corrected chi connectivity index (χ1v) is 7.06. The molecule has 0 radical (unpaired) electrons. The molecule has 19 heavy (non-hydrogen) atoms. The molecule has 0 bridgehead atoms. The van der Waals surface area contributed by atoms with Crippen LogP contribution in [0.15, 0.2) is 39.5 Å². The summed E-state index contributed by atoms with van der Waals surface area (Å²) in [7, 11) is 0. The van der Waals surface area contributed by atoms with Crippen LogP contribution in [0.1, 0.15) is 6.42 Å². The second kappa shape index (κ2) is 6.29. The maximum absolute atomic E-state index is 13.5. The van der Waals surface area contributed by atoms with Gasteiger partial charge in [-0.25, -0.2) is 4.39 Å². The Morgan fingerprint density at radius 1 is 1.37 bits per heavy atom. The number of hydrogen-bond acceptors (Lipinski definition) is 2. The molecule has 2 rings (SSSR count). The second-order valence-electron chi connectivity index (χ2n) is 3.84. The fourth-order valence-corrected chi connectivity index (χ4v) is 2.14. The smallest absolute Gasteiger partial charge is 0.226 e. The predicted molar refractivity (Wildman–Crippen MR) is 77.3 cm³/mol. The topological polar surface area (TPSA) is 46.9 Å². The van der Waals surface area contributed by atoms with Crippen molar-refractivity contribution < 1.29 is 9.18 Å². The highest BCUT2D eigenvalue weighted by molar-refractivity contribution is 9.10. The summed E-state index contributed by atoms with van der Waals surface area (Å²) >= 11 is 6.43. The normalized spacial score (nSPS) is 10.5. The zero-order valence-electron chi connectivity index (χ0n) is 9.74. The minimum absolute atomic E-state index is 0.176. The molecule has 0 saturated carbocycles. The van der Waals surface area contributed by atoms with E-state index in [9.17, 15) is 9.18 Å². The minimum Gasteiger partial charge on any atom is -0.324 e. The van der Waals surface area contributed by atoms with Crippen molar-refractivity contribution in [3.63, 3.8) is 0 Å². The van der Waals surface area contributed by atoms with Gasteiger partial charge in [0.05, 0.1) is 16.4 Å². The van der Waals surface area contributed by atoms with E-state index in [2.05, 4.69) is 42.3 Å². The molecule has 100 valence electrons. The Kier molecular flexibility index (Phi) is 4.71. The molecule has 0 fully saturated rings. The van der Waals surface area contributed by atoms with Crippen molar-refractivity contribution in [2.24, 2.45) is 0 Å². The third-order valence-electron chi connectivity index (χ3n) is 2.37. The van der Waals surface area contributed by atoms with Gasteiger partial charge in [0, 0.05) is 23.6 Å². The minimum atomic E-state index is -0.468. The van der Waals surface area contributed by atoms with Gasteiger partial charge in [0.2, 0.25) is 5.91 Å². The first-order chi connectivity index (χ1) is 9.04. The summed E-state index contributed by atoms with van der Waals surface area (Å²) in [6, 6.07) is 4.49. The summed E-state index contributed by atoms with van der Waals surface area (Å²) in [5.41, 5.74) is 0.176. The molecule has 0 atom stereocenters. The highest BCUT2D eigenvalue weighted by Crippen LogP contribution is 2.19. The molecular weight excluding hydrogens is 381 g/mol. The molecule has 1 aromatic carbocycles. The van der Waals surface area contributed by atoms with Crippen molar-refractivity contribution in [3.8, 4) is 0 Å². The van der Waals surface area contributed by atoms with Crippen LogP contribution in [0.2, 0.25) is 0 Å². The van der Waals surface area contributed by atoms with Gasteiger partial charge in [-0.15, -0.1) is 0 Å². The Hall–Kier alpha value is -1.21. The number of carbonyl (C=O) groups is 1. The molecule has 0 unspecified atom stereocenters. The van der Waals surface area contributed by atoms with Crippen molar-refractivity contribution in [2.75, 3.05) is 5.32 Å². The molecule has 1 N–H and O–H groups in total. The van der Waals surface area contributed by atoms with Gasteiger partial charge < -0.3 is 5.32 Å². The summed E-state index contributed by atoms with van der Waals surface area (Å²) in [4.78, 5) is 11.7. The number of aromatic nitrogens is 2. The lowest BCUT2D eigenvalue weighted by Gasteiger charge is -2.06. The van der Waals surface area contributed by atoms with Gasteiger partial charge in [-0.05, 0) is 34.1 Å². The van der Waals surface area contributed by atoms with E-state index in [1.807, 2.05) is 0 Å². The van der Waals surface area contributed by atoms with Crippen LogP contribution in [0.4, 0.5) is 10.1 Å². The molecule has 4 nitrogen and oxygen atoms in total. The number of carbonyl (C=O) groups excluding carboxylic acids is 1. The third-order valence-corrected chi connectivity index (χ3v) is 3.28. The van der Waals surface area contributed by atoms with Crippen LogP contribution < -0.4 is 5.32 Å². The zero-order chi connectivity index (χ0) is 13.8. The largest absolute Gasteiger partial charge is 0.324 e. The summed E-state index contributed by atoms with van der Waals surface area (Å²) < 4.78 is 16.6. The molecule has 0 spiro atoms. The zero-order valence-corrected chi connectivity index (χ0v) is 12.9. The van der Waals surface area contributed by atoms with Crippen molar-refractivity contribution >= 4 is 43.5 Å². The number of hydrogen-bond donors (Lipinski definition) is 1. The molecule has 0 saturated heterocycles. The lowest BCUT2D eigenvalue weighted by atomic mass is 10.3. The van der Waals surface area contributed by atoms with Gasteiger partial charge in [0.25, 0.3) is 0 Å². The maximum Gasteiger partial charge on any atom is 0.226 e. The Morgan fingerprint density at radius 2 is 2.16 bits per heavy atom. The Bertz CT molecular complexity index is 600. The van der Waals surface area contributed by atoms with Crippen molar-refractivity contribution in [3.05, 3.63) is 45.4 Å². The standard InChI is InChI=1S/C12H10Br2FN3O/c13-8-1-2-11(10(15)5-8)17-12(19)3-4-18-7-9(14)6-16-18/h1-2,5-7H,3-4H2,(H,17,19). The van der Waals surface area contributed by atoms with Gasteiger partial charge >= 0.3 is 0 Å². The molecular formula is C12H10Br2FN3O. The fourth-order valence-electron chi connectivity index (χ4n) is 1.48. The number of nitrogens with zero attached hydrogens (tertiary/aromatic N) is 2. The lowest BCUT2D eigenvalue weighted by Crippen LogP contribution is -2.15. The van der Waals surface area contributed by atoms with E-state index in [0.29, 0.717) is 11.0 Å². The molecule has 0 aliphatic heterocycles. The number of aryl methyl sites for hydroxylation is 1. The quantitative estimate of drug-likeness (QED) is 0.867. The SMILES string of the molecule is O=C(CCn1cc(Br)cn1)Nc1ccc(Br)cc1F. The number of amides is 1. The van der Waals surface area contributed by atoms with E-state index in [-0.39, 0.29) is 18.0 Å². The maximum atomic E-state index is 13.5. The predicted octanol–water partition coefficient (Wildman–Crippen LogP) is 3.58. The molecule has 2 aromatic rings. The van der Waals surface area contributed by atoms with Crippen LogP contribution in [0.5, 0.6) is 0 Å². The molecule has 1 amide bonds. The molecule has 1 aromatic heterocycles. The van der Waals surface area contributed by atoms with Gasteiger partial charge in [-0.2, -0.15) is 5.10 Å². The highest BCUT2D eigenvalue weighted by Gasteiger charge is 2.08. The number of halogens is 3. The Morgan fingerprint density at radius 3 is 2.79 bits per heavy atom. The van der Waals surface area contributed by atoms with Crippen LogP contribution in [0, 0.1) is 5.82 Å². The van der Waals surface area contributed by atoms with Gasteiger partial charge in [0.15, 0.2) is 0 Å². The van der Waals surface area contributed by atoms with E-state index in [1.54, 1.807) is 23.1 Å². The van der Waals surface area contributed by atoms with Crippen molar-refractivity contribution in [2.45, 2.75) is 13.0 Å². The molecule has 1 heterocycles. The summed E-state index contributed by atoms with van der Waals surface area (Å²) in [5.74, 6) is -0.725. The number of rotatable bonds is 4. The molecule has 0 aliphatic carbocycles. The van der Waals surface area contributed by atoms with Crippen LogP contribution in [0.3, 0.4) is 0 Å². The lowest BCUT2D eigenvalue weighted by molar-refractivity contribution is -0.116.